The molecule has 120 valence electrons. The molecule has 1 aromatic heterocycles. The number of carbonyl (C=O) groups excluding carboxylic acids is 1. The van der Waals surface area contributed by atoms with Crippen LogP contribution in [0.2, 0.25) is 0 Å². The molecule has 5 heteroatoms. The Bertz CT molecular complexity index is 865. The van der Waals surface area contributed by atoms with Gasteiger partial charge < -0.3 is 10.2 Å². The molecule has 0 spiro atoms. The summed E-state index contributed by atoms with van der Waals surface area (Å²) in [5.41, 5.74) is 1.26. The third-order valence-electron chi connectivity index (χ3n) is 4.32. The number of anilines is 2. The molecule has 1 aliphatic rings. The van der Waals surface area contributed by atoms with Crippen LogP contribution in [0.1, 0.15) is 23.2 Å². The highest BCUT2D eigenvalue weighted by Crippen LogP contribution is 2.20. The molecule has 4 rings (SSSR count). The quantitative estimate of drug-likeness (QED) is 0.803. The molecule has 24 heavy (non-hydrogen) atoms. The second-order valence-corrected chi connectivity index (χ2v) is 5.95. The van der Waals surface area contributed by atoms with Crippen molar-refractivity contribution in [3.05, 3.63) is 60.4 Å². The number of hydrogen-bond donors (Lipinski definition) is 1. The van der Waals surface area contributed by atoms with Crippen LogP contribution in [0.3, 0.4) is 0 Å². The lowest BCUT2D eigenvalue weighted by Crippen LogP contribution is -2.20. The lowest BCUT2D eigenvalue weighted by Gasteiger charge is -2.15. The van der Waals surface area contributed by atoms with Gasteiger partial charge in [0.25, 0.3) is 5.91 Å². The van der Waals surface area contributed by atoms with E-state index >= 15 is 0 Å². The van der Waals surface area contributed by atoms with Crippen LogP contribution in [0.25, 0.3) is 10.8 Å². The number of nitrogens with one attached hydrogen (secondary N) is 1. The summed E-state index contributed by atoms with van der Waals surface area (Å²) in [7, 11) is 0. The maximum Gasteiger partial charge on any atom is 0.256 e. The lowest BCUT2D eigenvalue weighted by atomic mass is 10.0. The van der Waals surface area contributed by atoms with Crippen LogP contribution >= 0.6 is 0 Å². The Hall–Kier alpha value is -2.95. The smallest absolute Gasteiger partial charge is 0.256 e. The van der Waals surface area contributed by atoms with Crippen LogP contribution in [0.15, 0.2) is 54.9 Å². The molecular weight excluding hydrogens is 300 g/mol. The average Bonchev–Trinajstić information content (AvgIpc) is 3.16. The van der Waals surface area contributed by atoms with Crippen LogP contribution in [-0.2, 0) is 0 Å². The van der Waals surface area contributed by atoms with Crippen molar-refractivity contribution in [2.45, 2.75) is 12.8 Å². The Balaban J connectivity index is 1.55. The molecular formula is C19H18N4O. The predicted molar refractivity (Wildman–Crippen MR) is 95.4 cm³/mol. The summed E-state index contributed by atoms with van der Waals surface area (Å²) in [4.78, 5) is 23.5. The van der Waals surface area contributed by atoms with Gasteiger partial charge in [-0.05, 0) is 29.7 Å². The summed E-state index contributed by atoms with van der Waals surface area (Å²) in [6.45, 7) is 2.00. The Labute approximate surface area is 140 Å². The fraction of sp³-hybridized carbons (Fsp3) is 0.211. The SMILES string of the molecule is O=C(Nc1cnc(N2CCCC2)nc1)c1cccc2ccccc12. The maximum absolute atomic E-state index is 12.6. The minimum Gasteiger partial charge on any atom is -0.341 e. The third kappa shape index (κ3) is 2.80. The minimum atomic E-state index is -0.149. The Morgan fingerprint density at radius 3 is 2.46 bits per heavy atom. The number of carbonyl (C=O) groups is 1. The molecule has 2 heterocycles. The Morgan fingerprint density at radius 2 is 1.67 bits per heavy atom. The molecule has 2 aromatic carbocycles. The van der Waals surface area contributed by atoms with Crippen LogP contribution in [-0.4, -0.2) is 29.0 Å². The van der Waals surface area contributed by atoms with E-state index in [4.69, 9.17) is 0 Å². The first kappa shape index (κ1) is 14.6. The molecule has 1 fully saturated rings. The molecule has 1 saturated heterocycles. The van der Waals surface area contributed by atoms with Crippen LogP contribution < -0.4 is 10.2 Å². The van der Waals surface area contributed by atoms with Gasteiger partial charge in [-0.2, -0.15) is 0 Å². The van der Waals surface area contributed by atoms with E-state index < -0.39 is 0 Å². The fourth-order valence-electron chi connectivity index (χ4n) is 3.09. The molecule has 5 nitrogen and oxygen atoms in total. The van der Waals surface area contributed by atoms with Crippen molar-refractivity contribution in [3.63, 3.8) is 0 Å². The van der Waals surface area contributed by atoms with Crippen LogP contribution in [0.4, 0.5) is 11.6 Å². The predicted octanol–water partition coefficient (Wildman–Crippen LogP) is 3.48. The van der Waals surface area contributed by atoms with E-state index in [0.29, 0.717) is 11.3 Å². The van der Waals surface area contributed by atoms with Crippen molar-refractivity contribution in [1.82, 2.24) is 9.97 Å². The van der Waals surface area contributed by atoms with Crippen molar-refractivity contribution in [1.29, 1.82) is 0 Å². The normalized spacial score (nSPS) is 14.1. The Kier molecular flexibility index (Phi) is 3.83. The first-order valence-electron chi connectivity index (χ1n) is 8.17. The van der Waals surface area contributed by atoms with Gasteiger partial charge in [-0.25, -0.2) is 9.97 Å². The van der Waals surface area contributed by atoms with Gasteiger partial charge >= 0.3 is 0 Å². The van der Waals surface area contributed by atoms with Gasteiger partial charge in [-0.15, -0.1) is 0 Å². The summed E-state index contributed by atoms with van der Waals surface area (Å²) in [6, 6.07) is 13.6. The van der Waals surface area contributed by atoms with Crippen molar-refractivity contribution >= 4 is 28.3 Å². The zero-order valence-corrected chi connectivity index (χ0v) is 13.3. The average molecular weight is 318 g/mol. The summed E-state index contributed by atoms with van der Waals surface area (Å²) < 4.78 is 0. The van der Waals surface area contributed by atoms with E-state index in [1.807, 2.05) is 42.5 Å². The van der Waals surface area contributed by atoms with Crippen LogP contribution in [0, 0.1) is 0 Å². The number of fused-ring (bicyclic) bond motifs is 1. The van der Waals surface area contributed by atoms with Gasteiger partial charge in [0.2, 0.25) is 5.95 Å². The topological polar surface area (TPSA) is 58.1 Å². The molecule has 1 N–H and O–H groups in total. The molecule has 0 bridgehead atoms. The maximum atomic E-state index is 12.6. The molecule has 1 amide bonds. The summed E-state index contributed by atoms with van der Waals surface area (Å²) in [5, 5.41) is 4.87. The minimum absolute atomic E-state index is 0.149. The second kappa shape index (κ2) is 6.28. The molecule has 0 saturated carbocycles. The summed E-state index contributed by atoms with van der Waals surface area (Å²) in [6.07, 6.45) is 5.71. The van der Waals surface area contributed by atoms with Gasteiger partial charge in [0.05, 0.1) is 18.1 Å². The Morgan fingerprint density at radius 1 is 0.958 bits per heavy atom. The molecule has 0 aliphatic carbocycles. The van der Waals surface area contributed by atoms with E-state index in [0.717, 1.165) is 29.8 Å². The van der Waals surface area contributed by atoms with Gasteiger partial charge in [0.15, 0.2) is 0 Å². The fourth-order valence-corrected chi connectivity index (χ4v) is 3.09. The molecule has 0 radical (unpaired) electrons. The summed E-state index contributed by atoms with van der Waals surface area (Å²) >= 11 is 0. The van der Waals surface area contributed by atoms with Crippen molar-refractivity contribution in [2.75, 3.05) is 23.3 Å². The molecule has 0 atom stereocenters. The van der Waals surface area contributed by atoms with E-state index in [-0.39, 0.29) is 5.91 Å². The number of amides is 1. The van der Waals surface area contributed by atoms with E-state index in [2.05, 4.69) is 20.2 Å². The van der Waals surface area contributed by atoms with Gasteiger partial charge in [0, 0.05) is 18.7 Å². The molecule has 1 aliphatic heterocycles. The zero-order chi connectivity index (χ0) is 16.4. The van der Waals surface area contributed by atoms with Gasteiger partial charge in [0.1, 0.15) is 0 Å². The standard InChI is InChI=1S/C19H18N4O/c24-18(17-9-5-7-14-6-1-2-8-16(14)17)22-15-12-20-19(21-13-15)23-10-3-4-11-23/h1-2,5-9,12-13H,3-4,10-11H2,(H,22,24). The van der Waals surface area contributed by atoms with Crippen molar-refractivity contribution < 1.29 is 4.79 Å². The van der Waals surface area contributed by atoms with E-state index in [9.17, 15) is 4.79 Å². The van der Waals surface area contributed by atoms with Crippen molar-refractivity contribution in [2.24, 2.45) is 0 Å². The highest BCUT2D eigenvalue weighted by Gasteiger charge is 2.15. The summed E-state index contributed by atoms with van der Waals surface area (Å²) in [5.74, 6) is 0.583. The second-order valence-electron chi connectivity index (χ2n) is 5.95. The molecule has 3 aromatic rings. The number of rotatable bonds is 3. The first-order chi connectivity index (χ1) is 11.8. The van der Waals surface area contributed by atoms with E-state index in [1.165, 1.54) is 12.8 Å². The lowest BCUT2D eigenvalue weighted by molar-refractivity contribution is 0.102. The number of hydrogen-bond acceptors (Lipinski definition) is 4. The highest BCUT2D eigenvalue weighted by molar-refractivity contribution is 6.12. The monoisotopic (exact) mass is 318 g/mol. The van der Waals surface area contributed by atoms with Gasteiger partial charge in [-0.3, -0.25) is 4.79 Å². The number of nitrogens with zero attached hydrogens (tertiary/aromatic N) is 3. The highest BCUT2D eigenvalue weighted by atomic mass is 16.1. The van der Waals surface area contributed by atoms with Crippen LogP contribution in [0.5, 0.6) is 0 Å². The first-order valence-corrected chi connectivity index (χ1v) is 8.17. The largest absolute Gasteiger partial charge is 0.341 e. The number of aromatic nitrogens is 2. The van der Waals surface area contributed by atoms with Crippen molar-refractivity contribution in [3.8, 4) is 0 Å². The molecule has 0 unspecified atom stereocenters. The number of benzene rings is 2. The van der Waals surface area contributed by atoms with Gasteiger partial charge in [-0.1, -0.05) is 36.4 Å². The van der Waals surface area contributed by atoms with E-state index in [1.54, 1.807) is 12.4 Å². The zero-order valence-electron chi connectivity index (χ0n) is 13.3. The third-order valence-corrected chi connectivity index (χ3v) is 4.32.